The number of benzene rings is 2. The van der Waals surface area contributed by atoms with Gasteiger partial charge in [-0.05, 0) is 36.8 Å². The summed E-state index contributed by atoms with van der Waals surface area (Å²) in [6, 6.07) is 14.7. The van der Waals surface area contributed by atoms with Crippen LogP contribution in [0.5, 0.6) is 11.5 Å². The molecule has 0 bridgehead atoms. The van der Waals surface area contributed by atoms with Crippen LogP contribution in [0.15, 0.2) is 48.5 Å². The van der Waals surface area contributed by atoms with E-state index in [-0.39, 0.29) is 19.0 Å². The van der Waals surface area contributed by atoms with E-state index in [0.29, 0.717) is 66.4 Å². The van der Waals surface area contributed by atoms with Gasteiger partial charge in [0.2, 0.25) is 0 Å². The van der Waals surface area contributed by atoms with Crippen molar-refractivity contribution in [3.8, 4) is 22.8 Å². The molecular weight excluding hydrogens is 447 g/mol. The van der Waals surface area contributed by atoms with Gasteiger partial charge in [-0.2, -0.15) is 13.2 Å². The van der Waals surface area contributed by atoms with Crippen LogP contribution in [-0.4, -0.2) is 72.8 Å². The minimum absolute atomic E-state index is 0.184. The van der Waals surface area contributed by atoms with Gasteiger partial charge in [-0.15, -0.1) is 0 Å². The van der Waals surface area contributed by atoms with Crippen molar-refractivity contribution >= 4 is 16.8 Å². The minimum Gasteiger partial charge on any atom is -0.486 e. The number of amides is 1. The number of rotatable bonds is 3. The van der Waals surface area contributed by atoms with Crippen molar-refractivity contribution in [2.75, 3.05) is 45.9 Å². The predicted octanol–water partition coefficient (Wildman–Crippen LogP) is 4.38. The molecule has 0 aliphatic carbocycles. The predicted molar refractivity (Wildman–Crippen MR) is 121 cm³/mol. The first kappa shape index (κ1) is 22.5. The van der Waals surface area contributed by atoms with Gasteiger partial charge in [-0.25, -0.2) is 4.98 Å². The molecule has 9 heteroatoms. The topological polar surface area (TPSA) is 54.9 Å². The van der Waals surface area contributed by atoms with Gasteiger partial charge in [0, 0.05) is 37.1 Å². The molecule has 34 heavy (non-hydrogen) atoms. The monoisotopic (exact) mass is 471 g/mol. The maximum atomic E-state index is 13.6. The first-order valence-electron chi connectivity index (χ1n) is 11.3. The molecule has 0 saturated carbocycles. The van der Waals surface area contributed by atoms with Gasteiger partial charge in [-0.1, -0.05) is 18.2 Å². The van der Waals surface area contributed by atoms with E-state index >= 15 is 0 Å². The fraction of sp³-hybridized carbons (Fsp3) is 0.360. The van der Waals surface area contributed by atoms with E-state index in [4.69, 9.17) is 14.5 Å². The second-order valence-corrected chi connectivity index (χ2v) is 8.47. The molecule has 2 aromatic carbocycles. The number of para-hydroxylation sites is 1. The van der Waals surface area contributed by atoms with Crippen LogP contribution in [0, 0.1) is 0 Å². The molecule has 5 rings (SSSR count). The molecule has 2 aliphatic heterocycles. The van der Waals surface area contributed by atoms with E-state index in [0.717, 1.165) is 5.56 Å². The number of alkyl halides is 3. The largest absolute Gasteiger partial charge is 0.486 e. The molecule has 178 valence electrons. The molecule has 1 amide bonds. The van der Waals surface area contributed by atoms with Crippen molar-refractivity contribution in [2.24, 2.45) is 0 Å². The lowest BCUT2D eigenvalue weighted by molar-refractivity contribution is -0.145. The van der Waals surface area contributed by atoms with Gasteiger partial charge in [0.1, 0.15) is 13.2 Å². The van der Waals surface area contributed by atoms with Crippen LogP contribution < -0.4 is 9.47 Å². The minimum atomic E-state index is -4.25. The third-order valence-corrected chi connectivity index (χ3v) is 6.06. The van der Waals surface area contributed by atoms with Crippen molar-refractivity contribution in [2.45, 2.75) is 12.6 Å². The van der Waals surface area contributed by atoms with Crippen LogP contribution in [0.3, 0.4) is 0 Å². The molecule has 0 N–H and O–H groups in total. The normalized spacial score (nSPS) is 17.0. The Morgan fingerprint density at radius 3 is 2.56 bits per heavy atom. The summed E-state index contributed by atoms with van der Waals surface area (Å²) in [6.07, 6.45) is -3.77. The van der Waals surface area contributed by atoms with Crippen molar-refractivity contribution in [3.63, 3.8) is 0 Å². The second kappa shape index (κ2) is 9.13. The van der Waals surface area contributed by atoms with E-state index in [1.54, 1.807) is 11.0 Å². The van der Waals surface area contributed by atoms with Crippen LogP contribution in [0.1, 0.15) is 16.8 Å². The molecule has 0 spiro atoms. The van der Waals surface area contributed by atoms with Crippen LogP contribution in [0.2, 0.25) is 0 Å². The Kier molecular flexibility index (Phi) is 6.03. The summed E-state index contributed by atoms with van der Waals surface area (Å²) in [5.41, 5.74) is 2.57. The lowest BCUT2D eigenvalue weighted by atomic mass is 10.0. The third kappa shape index (κ3) is 4.79. The Balaban J connectivity index is 1.46. The maximum Gasteiger partial charge on any atom is 0.401 e. The third-order valence-electron chi connectivity index (χ3n) is 6.06. The summed E-state index contributed by atoms with van der Waals surface area (Å²) in [6.45, 7) is 1.14. The molecule has 1 saturated heterocycles. The Morgan fingerprint density at radius 2 is 1.74 bits per heavy atom. The molecule has 3 aromatic rings. The number of nitrogens with zero attached hydrogens (tertiary/aromatic N) is 3. The number of carbonyl (C=O) groups excluding carboxylic acids is 1. The zero-order chi connectivity index (χ0) is 23.7. The standard InChI is InChI=1S/C25H24F3N3O3/c26-25(27,28)16-30-8-3-9-31(11-10-30)24(32)19-15-21(29-20-5-2-1-4-18(19)20)17-6-7-22-23(14-17)34-13-12-33-22/h1-2,4-7,14-15H,3,8-13,16H2. The average Bonchev–Trinajstić information content (AvgIpc) is 3.07. The molecule has 0 unspecified atom stereocenters. The number of fused-ring (bicyclic) bond motifs is 2. The zero-order valence-corrected chi connectivity index (χ0v) is 18.5. The lowest BCUT2D eigenvalue weighted by Gasteiger charge is -2.23. The molecule has 2 aliphatic rings. The highest BCUT2D eigenvalue weighted by Gasteiger charge is 2.32. The zero-order valence-electron chi connectivity index (χ0n) is 18.5. The Labute approximate surface area is 194 Å². The van der Waals surface area contributed by atoms with Crippen LogP contribution >= 0.6 is 0 Å². The van der Waals surface area contributed by atoms with Gasteiger partial charge in [0.05, 0.1) is 23.3 Å². The summed E-state index contributed by atoms with van der Waals surface area (Å²) in [5, 5.41) is 0.713. The van der Waals surface area contributed by atoms with Crippen LogP contribution in [0.25, 0.3) is 22.2 Å². The summed E-state index contributed by atoms with van der Waals surface area (Å²) >= 11 is 0. The second-order valence-electron chi connectivity index (χ2n) is 8.47. The smallest absolute Gasteiger partial charge is 0.401 e. The molecule has 1 aromatic heterocycles. The Bertz CT molecular complexity index is 1210. The van der Waals surface area contributed by atoms with Gasteiger partial charge in [-0.3, -0.25) is 9.69 Å². The Hall–Kier alpha value is -3.33. The van der Waals surface area contributed by atoms with Gasteiger partial charge in [0.15, 0.2) is 11.5 Å². The highest BCUT2D eigenvalue weighted by Crippen LogP contribution is 2.35. The number of ether oxygens (including phenoxy) is 2. The van der Waals surface area contributed by atoms with E-state index < -0.39 is 12.7 Å². The molecule has 0 atom stereocenters. The van der Waals surface area contributed by atoms with Gasteiger partial charge >= 0.3 is 6.18 Å². The van der Waals surface area contributed by atoms with E-state index in [1.165, 1.54) is 4.90 Å². The SMILES string of the molecule is O=C(c1cc(-c2ccc3c(c2)OCCO3)nc2ccccc12)N1CCCN(CC(F)(F)F)CC1. The van der Waals surface area contributed by atoms with Crippen molar-refractivity contribution in [3.05, 3.63) is 54.1 Å². The summed E-state index contributed by atoms with van der Waals surface area (Å²) in [5.74, 6) is 1.09. The van der Waals surface area contributed by atoms with Crippen molar-refractivity contribution in [1.29, 1.82) is 0 Å². The molecule has 1 fully saturated rings. The highest BCUT2D eigenvalue weighted by molar-refractivity contribution is 6.07. The van der Waals surface area contributed by atoms with Crippen molar-refractivity contribution in [1.82, 2.24) is 14.8 Å². The quantitative estimate of drug-likeness (QED) is 0.568. The first-order valence-corrected chi connectivity index (χ1v) is 11.3. The number of hydrogen-bond donors (Lipinski definition) is 0. The summed E-state index contributed by atoms with van der Waals surface area (Å²) in [7, 11) is 0. The molecule has 3 heterocycles. The summed E-state index contributed by atoms with van der Waals surface area (Å²) in [4.78, 5) is 21.3. The number of carbonyl (C=O) groups is 1. The summed E-state index contributed by atoms with van der Waals surface area (Å²) < 4.78 is 49.8. The fourth-order valence-corrected chi connectivity index (χ4v) is 4.46. The first-order chi connectivity index (χ1) is 16.4. The highest BCUT2D eigenvalue weighted by atomic mass is 19.4. The van der Waals surface area contributed by atoms with E-state index in [9.17, 15) is 18.0 Å². The number of halogens is 3. The fourth-order valence-electron chi connectivity index (χ4n) is 4.46. The number of pyridine rings is 1. The molecular formula is C25H24F3N3O3. The molecule has 6 nitrogen and oxygen atoms in total. The van der Waals surface area contributed by atoms with Crippen LogP contribution in [0.4, 0.5) is 13.2 Å². The van der Waals surface area contributed by atoms with E-state index in [2.05, 4.69) is 0 Å². The number of hydrogen-bond acceptors (Lipinski definition) is 5. The average molecular weight is 471 g/mol. The molecule has 0 radical (unpaired) electrons. The Morgan fingerprint density at radius 1 is 0.941 bits per heavy atom. The van der Waals surface area contributed by atoms with Gasteiger partial charge in [0.25, 0.3) is 5.91 Å². The van der Waals surface area contributed by atoms with Gasteiger partial charge < -0.3 is 14.4 Å². The van der Waals surface area contributed by atoms with Crippen LogP contribution in [-0.2, 0) is 0 Å². The number of aromatic nitrogens is 1. The maximum absolute atomic E-state index is 13.6. The van der Waals surface area contributed by atoms with E-state index in [1.807, 2.05) is 42.5 Å². The van der Waals surface area contributed by atoms with Crippen molar-refractivity contribution < 1.29 is 27.4 Å². The lowest BCUT2D eigenvalue weighted by Crippen LogP contribution is -2.38.